The van der Waals surface area contributed by atoms with E-state index in [4.69, 9.17) is 0 Å². The fourth-order valence-corrected chi connectivity index (χ4v) is 10.6. The molecule has 0 fully saturated rings. The number of nitrogens with one attached hydrogen (secondary N) is 1. The second-order valence-corrected chi connectivity index (χ2v) is 22.6. The lowest BCUT2D eigenvalue weighted by Crippen LogP contribution is -2.45. The summed E-state index contributed by atoms with van der Waals surface area (Å²) in [6.45, 7) is 4.36. The summed E-state index contributed by atoms with van der Waals surface area (Å²) in [7, 11) is 0. The molecule has 0 aliphatic heterocycles. The normalized spacial score (nSPS) is 12.7. The molecule has 0 heterocycles. The van der Waals surface area contributed by atoms with Crippen molar-refractivity contribution in [1.29, 1.82) is 0 Å². The molecule has 0 saturated carbocycles. The smallest absolute Gasteiger partial charge is 0.220 e. The Labute approximate surface area is 435 Å². The molecule has 2 unspecified atom stereocenters. The van der Waals surface area contributed by atoms with Crippen LogP contribution in [0.1, 0.15) is 380 Å². The van der Waals surface area contributed by atoms with Crippen molar-refractivity contribution in [3.63, 3.8) is 0 Å². The Hall–Kier alpha value is -0.870. The molecule has 69 heavy (non-hydrogen) atoms. The second kappa shape index (κ2) is 61.4. The van der Waals surface area contributed by atoms with E-state index in [2.05, 4.69) is 19.2 Å². The highest BCUT2D eigenvalue weighted by molar-refractivity contribution is 5.76. The average molecular weight is 973 g/mol. The number of unbranched alkanes of at least 4 members (excludes halogenated alkanes) is 54. The quantitative estimate of drug-likeness (QED) is 0.0420. The molecule has 0 radical (unpaired) electrons. The summed E-state index contributed by atoms with van der Waals surface area (Å²) in [5, 5.41) is 23.2. The van der Waals surface area contributed by atoms with Gasteiger partial charge in [0.15, 0.2) is 0 Å². The first-order valence-electron chi connectivity index (χ1n) is 32.4. The van der Waals surface area contributed by atoms with Crippen molar-refractivity contribution in [3.05, 3.63) is 12.2 Å². The first-order valence-corrected chi connectivity index (χ1v) is 32.4. The van der Waals surface area contributed by atoms with Gasteiger partial charge in [0, 0.05) is 6.42 Å². The van der Waals surface area contributed by atoms with Gasteiger partial charge >= 0.3 is 0 Å². The Morgan fingerprint density at radius 2 is 0.536 bits per heavy atom. The lowest BCUT2D eigenvalue weighted by molar-refractivity contribution is -0.123. The van der Waals surface area contributed by atoms with E-state index in [1.165, 1.54) is 334 Å². The predicted octanol–water partition coefficient (Wildman–Crippen LogP) is 21.7. The number of rotatable bonds is 61. The van der Waals surface area contributed by atoms with Crippen molar-refractivity contribution >= 4 is 5.91 Å². The number of aliphatic hydroxyl groups excluding tert-OH is 2. The van der Waals surface area contributed by atoms with Gasteiger partial charge < -0.3 is 15.5 Å². The number of hydrogen-bond donors (Lipinski definition) is 3. The molecule has 0 aliphatic rings. The maximum atomic E-state index is 12.5. The van der Waals surface area contributed by atoms with Crippen molar-refractivity contribution in [3.8, 4) is 0 Å². The van der Waals surface area contributed by atoms with Crippen LogP contribution in [0.15, 0.2) is 12.2 Å². The van der Waals surface area contributed by atoms with Crippen LogP contribution in [0.25, 0.3) is 0 Å². The zero-order valence-electron chi connectivity index (χ0n) is 47.6. The van der Waals surface area contributed by atoms with E-state index in [9.17, 15) is 15.0 Å². The zero-order valence-corrected chi connectivity index (χ0v) is 47.6. The molecule has 0 aliphatic carbocycles. The summed E-state index contributed by atoms with van der Waals surface area (Å²) < 4.78 is 0. The molecule has 0 aromatic carbocycles. The molecule has 0 saturated heterocycles. The summed E-state index contributed by atoms with van der Waals surface area (Å²) in [6, 6.07) is -0.619. The van der Waals surface area contributed by atoms with Gasteiger partial charge in [-0.05, 0) is 19.3 Å². The van der Waals surface area contributed by atoms with Gasteiger partial charge in [0.05, 0.1) is 18.8 Å². The van der Waals surface area contributed by atoms with Gasteiger partial charge in [-0.15, -0.1) is 0 Å². The van der Waals surface area contributed by atoms with Gasteiger partial charge in [-0.3, -0.25) is 4.79 Å². The summed E-state index contributed by atoms with van der Waals surface area (Å²) >= 11 is 0. The molecule has 0 aromatic heterocycles. The highest BCUT2D eigenvalue weighted by Gasteiger charge is 2.18. The number of carbonyl (C=O) groups is 1. The molecular formula is C65H129NO3. The van der Waals surface area contributed by atoms with Crippen LogP contribution in [0, 0.1) is 0 Å². The highest BCUT2D eigenvalue weighted by atomic mass is 16.3. The zero-order chi connectivity index (χ0) is 49.9. The molecular weight excluding hydrogens is 843 g/mol. The van der Waals surface area contributed by atoms with Crippen LogP contribution in [0.5, 0.6) is 0 Å². The highest BCUT2D eigenvalue weighted by Crippen LogP contribution is 2.19. The minimum absolute atomic E-state index is 0.0543. The number of hydrogen-bond acceptors (Lipinski definition) is 3. The predicted molar refractivity (Wildman–Crippen MR) is 309 cm³/mol. The average Bonchev–Trinajstić information content (AvgIpc) is 3.35. The monoisotopic (exact) mass is 972 g/mol. The Kier molecular flexibility index (Phi) is 60.7. The van der Waals surface area contributed by atoms with E-state index in [1.807, 2.05) is 6.08 Å². The molecule has 3 N–H and O–H groups in total. The summed E-state index contributed by atoms with van der Waals surface area (Å²) in [4.78, 5) is 12.5. The topological polar surface area (TPSA) is 69.6 Å². The third-order valence-corrected chi connectivity index (χ3v) is 15.5. The van der Waals surface area contributed by atoms with Crippen LogP contribution < -0.4 is 5.32 Å². The minimum Gasteiger partial charge on any atom is -0.394 e. The SMILES string of the molecule is CCCCCCCCCCCCCCCCCCCC/C=C/C(O)C(CO)NC(=O)CCCCCCCCCCCCCCCCCCCCCCCCCCCCCCCCCCCCCCC. The van der Waals surface area contributed by atoms with E-state index in [-0.39, 0.29) is 12.5 Å². The molecule has 2 atom stereocenters. The van der Waals surface area contributed by atoms with Crippen molar-refractivity contribution in [2.45, 2.75) is 392 Å². The standard InChI is InChI=1S/C65H129NO3/c1-3-5-7-9-11-13-15-17-19-21-23-25-26-27-28-29-30-31-32-33-34-35-36-37-38-39-40-41-43-45-47-49-51-53-55-57-59-61-65(69)66-63(62-67)64(68)60-58-56-54-52-50-48-46-44-42-24-22-20-18-16-14-12-10-8-6-4-2/h58,60,63-64,67-68H,3-57,59,61-62H2,1-2H3,(H,66,69)/b60-58+. The van der Waals surface area contributed by atoms with E-state index < -0.39 is 12.1 Å². The summed E-state index contributed by atoms with van der Waals surface area (Å²) in [5.41, 5.74) is 0. The van der Waals surface area contributed by atoms with Crippen LogP contribution in [-0.4, -0.2) is 34.9 Å². The largest absolute Gasteiger partial charge is 0.394 e. The third-order valence-electron chi connectivity index (χ3n) is 15.5. The van der Waals surface area contributed by atoms with Crippen molar-refractivity contribution in [2.24, 2.45) is 0 Å². The van der Waals surface area contributed by atoms with Gasteiger partial charge in [0.1, 0.15) is 0 Å². The molecule has 0 aromatic rings. The fraction of sp³-hybridized carbons (Fsp3) is 0.954. The fourth-order valence-electron chi connectivity index (χ4n) is 10.6. The van der Waals surface area contributed by atoms with Gasteiger partial charge in [0.2, 0.25) is 5.91 Å². The molecule has 0 spiro atoms. The molecule has 1 amide bonds. The number of aliphatic hydroxyl groups is 2. The lowest BCUT2D eigenvalue weighted by Gasteiger charge is -2.20. The van der Waals surface area contributed by atoms with Crippen LogP contribution >= 0.6 is 0 Å². The van der Waals surface area contributed by atoms with Gasteiger partial charge in [0.25, 0.3) is 0 Å². The van der Waals surface area contributed by atoms with Crippen LogP contribution in [-0.2, 0) is 4.79 Å². The minimum atomic E-state index is -0.836. The van der Waals surface area contributed by atoms with Crippen LogP contribution in [0.3, 0.4) is 0 Å². The summed E-state index contributed by atoms with van der Waals surface area (Å²) in [5.74, 6) is -0.0543. The Bertz CT molecular complexity index is 967. The van der Waals surface area contributed by atoms with Crippen molar-refractivity contribution in [1.82, 2.24) is 5.32 Å². The Morgan fingerprint density at radius 1 is 0.333 bits per heavy atom. The van der Waals surface area contributed by atoms with E-state index in [0.717, 1.165) is 25.7 Å². The lowest BCUT2D eigenvalue weighted by atomic mass is 10.0. The number of amides is 1. The molecule has 4 heteroatoms. The number of allylic oxidation sites excluding steroid dienone is 1. The van der Waals surface area contributed by atoms with E-state index in [0.29, 0.717) is 6.42 Å². The Balaban J connectivity index is 3.37. The third kappa shape index (κ3) is 57.9. The second-order valence-electron chi connectivity index (χ2n) is 22.6. The van der Waals surface area contributed by atoms with Crippen molar-refractivity contribution in [2.75, 3.05) is 6.61 Å². The van der Waals surface area contributed by atoms with Gasteiger partial charge in [-0.1, -0.05) is 366 Å². The van der Waals surface area contributed by atoms with Gasteiger partial charge in [-0.25, -0.2) is 0 Å². The summed E-state index contributed by atoms with van der Waals surface area (Å²) in [6.07, 6.45) is 81.4. The first kappa shape index (κ1) is 68.1. The Morgan fingerprint density at radius 3 is 0.754 bits per heavy atom. The maximum Gasteiger partial charge on any atom is 0.220 e. The van der Waals surface area contributed by atoms with Crippen LogP contribution in [0.4, 0.5) is 0 Å². The maximum absolute atomic E-state index is 12.5. The number of carbonyl (C=O) groups excluding carboxylic acids is 1. The molecule has 0 rings (SSSR count). The molecule has 0 bridgehead atoms. The van der Waals surface area contributed by atoms with E-state index in [1.54, 1.807) is 6.08 Å². The molecule has 412 valence electrons. The first-order chi connectivity index (χ1) is 34.2. The van der Waals surface area contributed by atoms with E-state index >= 15 is 0 Å². The van der Waals surface area contributed by atoms with Crippen LogP contribution in [0.2, 0.25) is 0 Å². The van der Waals surface area contributed by atoms with Gasteiger partial charge in [-0.2, -0.15) is 0 Å². The van der Waals surface area contributed by atoms with Crippen molar-refractivity contribution < 1.29 is 15.0 Å². The molecule has 4 nitrogen and oxygen atoms in total.